The molecule has 0 saturated heterocycles. The van der Waals surface area contributed by atoms with E-state index in [1.807, 2.05) is 6.07 Å². The van der Waals surface area contributed by atoms with E-state index in [9.17, 15) is 13.9 Å². The molecule has 0 radical (unpaired) electrons. The summed E-state index contributed by atoms with van der Waals surface area (Å²) in [5.41, 5.74) is 2.28. The monoisotopic (exact) mass is 275 g/mol. The predicted molar refractivity (Wildman–Crippen MR) is 73.8 cm³/mol. The fourth-order valence-corrected chi connectivity index (χ4v) is 2.75. The number of hydrogen-bond donors (Lipinski definition) is 2. The summed E-state index contributed by atoms with van der Waals surface area (Å²) in [5.74, 6) is -0.686. The van der Waals surface area contributed by atoms with E-state index in [2.05, 4.69) is 5.32 Å². The molecule has 0 saturated carbocycles. The normalized spacial score (nSPS) is 17.6. The second-order valence-electron chi connectivity index (χ2n) is 5.10. The molecule has 4 heteroatoms. The fourth-order valence-electron chi connectivity index (χ4n) is 2.75. The first kappa shape index (κ1) is 12.9. The van der Waals surface area contributed by atoms with Crippen LogP contribution < -0.4 is 5.32 Å². The highest BCUT2D eigenvalue weighted by Crippen LogP contribution is 2.34. The van der Waals surface area contributed by atoms with Crippen molar-refractivity contribution in [2.45, 2.75) is 25.3 Å². The summed E-state index contributed by atoms with van der Waals surface area (Å²) in [6, 6.07) is 8.55. The Hall–Kier alpha value is -2.10. The lowest BCUT2D eigenvalue weighted by molar-refractivity contribution is 0.472. The van der Waals surface area contributed by atoms with Gasteiger partial charge < -0.3 is 10.4 Å². The minimum absolute atomic E-state index is 0.0596. The van der Waals surface area contributed by atoms with E-state index in [-0.39, 0.29) is 17.5 Å². The summed E-state index contributed by atoms with van der Waals surface area (Å²) in [6.07, 6.45) is 2.70. The van der Waals surface area contributed by atoms with Crippen LogP contribution >= 0.6 is 0 Å². The average Bonchev–Trinajstić information content (AvgIpc) is 2.43. The Labute approximate surface area is 116 Å². The molecular weight excluding hydrogens is 260 g/mol. The van der Waals surface area contributed by atoms with E-state index in [1.165, 1.54) is 6.07 Å². The van der Waals surface area contributed by atoms with Gasteiger partial charge in [0.05, 0.1) is 11.7 Å². The van der Waals surface area contributed by atoms with Crippen molar-refractivity contribution in [1.82, 2.24) is 0 Å². The Morgan fingerprint density at radius 3 is 2.80 bits per heavy atom. The van der Waals surface area contributed by atoms with Gasteiger partial charge in [0.15, 0.2) is 0 Å². The first-order valence-electron chi connectivity index (χ1n) is 6.67. The molecule has 0 fully saturated rings. The molecule has 1 unspecified atom stereocenters. The van der Waals surface area contributed by atoms with Crippen LogP contribution in [0.4, 0.5) is 14.5 Å². The molecule has 0 aromatic heterocycles. The van der Waals surface area contributed by atoms with Crippen LogP contribution in [-0.2, 0) is 6.42 Å². The van der Waals surface area contributed by atoms with Gasteiger partial charge in [-0.2, -0.15) is 0 Å². The minimum atomic E-state index is -0.462. The van der Waals surface area contributed by atoms with Crippen LogP contribution in [0, 0.1) is 11.6 Å². The molecule has 104 valence electrons. The summed E-state index contributed by atoms with van der Waals surface area (Å²) in [5, 5.41) is 12.6. The van der Waals surface area contributed by atoms with E-state index < -0.39 is 11.6 Å². The zero-order valence-corrected chi connectivity index (χ0v) is 10.9. The summed E-state index contributed by atoms with van der Waals surface area (Å²) < 4.78 is 26.9. The molecule has 0 amide bonds. The van der Waals surface area contributed by atoms with Crippen molar-refractivity contribution in [3.05, 3.63) is 59.2 Å². The van der Waals surface area contributed by atoms with E-state index in [0.29, 0.717) is 0 Å². The largest absolute Gasteiger partial charge is 0.508 e. The van der Waals surface area contributed by atoms with Crippen molar-refractivity contribution in [2.24, 2.45) is 0 Å². The number of nitrogens with one attached hydrogen (secondary N) is 1. The van der Waals surface area contributed by atoms with Gasteiger partial charge in [-0.1, -0.05) is 6.07 Å². The number of aromatic hydroxyl groups is 1. The molecular formula is C16H15F2NO. The predicted octanol–water partition coefficient (Wildman–Crippen LogP) is 4.16. The number of anilines is 1. The third kappa shape index (κ3) is 2.46. The van der Waals surface area contributed by atoms with Crippen molar-refractivity contribution in [2.75, 3.05) is 5.32 Å². The number of halogens is 2. The lowest BCUT2D eigenvalue weighted by atomic mass is 9.87. The van der Waals surface area contributed by atoms with Crippen LogP contribution in [0.25, 0.3) is 0 Å². The number of hydrogen-bond acceptors (Lipinski definition) is 2. The lowest BCUT2D eigenvalue weighted by Crippen LogP contribution is -2.18. The molecule has 2 nitrogen and oxygen atoms in total. The second kappa shape index (κ2) is 5.12. The number of phenols is 1. The lowest BCUT2D eigenvalue weighted by Gasteiger charge is -2.27. The third-order valence-corrected chi connectivity index (χ3v) is 3.70. The van der Waals surface area contributed by atoms with Gasteiger partial charge in [0.2, 0.25) is 0 Å². The van der Waals surface area contributed by atoms with Crippen LogP contribution in [0.1, 0.15) is 30.0 Å². The molecule has 0 aliphatic heterocycles. The van der Waals surface area contributed by atoms with E-state index in [1.54, 1.807) is 12.1 Å². The number of phenolic OH excluding ortho intramolecular Hbond substituents is 1. The molecule has 3 rings (SSSR count). The van der Waals surface area contributed by atoms with Crippen molar-refractivity contribution in [1.29, 1.82) is 0 Å². The molecule has 0 heterocycles. The number of benzene rings is 2. The second-order valence-corrected chi connectivity index (χ2v) is 5.10. The molecule has 0 bridgehead atoms. The highest BCUT2D eigenvalue weighted by Gasteiger charge is 2.21. The van der Waals surface area contributed by atoms with Gasteiger partial charge >= 0.3 is 0 Å². The summed E-state index contributed by atoms with van der Waals surface area (Å²) in [7, 11) is 0. The van der Waals surface area contributed by atoms with Crippen LogP contribution in [0.15, 0.2) is 36.4 Å². The standard InChI is InChI=1S/C16H15F2NO/c17-11-4-7-14(18)16(9-11)19-15-3-1-2-10-8-12(20)5-6-13(10)15/h4-9,15,19-20H,1-3H2. The molecule has 2 aromatic rings. The topological polar surface area (TPSA) is 32.3 Å². The maximum atomic E-state index is 13.7. The Morgan fingerprint density at radius 2 is 1.95 bits per heavy atom. The first-order chi connectivity index (χ1) is 9.63. The van der Waals surface area contributed by atoms with Gasteiger partial charge in [-0.05, 0) is 60.7 Å². The first-order valence-corrected chi connectivity index (χ1v) is 6.67. The van der Waals surface area contributed by atoms with Gasteiger partial charge in [0.1, 0.15) is 17.4 Å². The van der Waals surface area contributed by atoms with Crippen LogP contribution in [-0.4, -0.2) is 5.11 Å². The molecule has 2 aromatic carbocycles. The van der Waals surface area contributed by atoms with Crippen molar-refractivity contribution >= 4 is 5.69 Å². The van der Waals surface area contributed by atoms with Gasteiger partial charge in [-0.15, -0.1) is 0 Å². The Morgan fingerprint density at radius 1 is 1.10 bits per heavy atom. The Kier molecular flexibility index (Phi) is 3.30. The maximum Gasteiger partial charge on any atom is 0.146 e. The van der Waals surface area contributed by atoms with Crippen molar-refractivity contribution in [3.63, 3.8) is 0 Å². The van der Waals surface area contributed by atoms with Crippen LogP contribution in [0.2, 0.25) is 0 Å². The van der Waals surface area contributed by atoms with Crippen molar-refractivity contribution < 1.29 is 13.9 Å². The molecule has 1 aliphatic carbocycles. The number of aryl methyl sites for hydroxylation is 1. The maximum absolute atomic E-state index is 13.7. The fraction of sp³-hybridized carbons (Fsp3) is 0.250. The summed E-state index contributed by atoms with van der Waals surface area (Å²) >= 11 is 0. The molecule has 20 heavy (non-hydrogen) atoms. The Balaban J connectivity index is 1.91. The molecule has 1 atom stereocenters. The van der Waals surface area contributed by atoms with Crippen LogP contribution in [0.3, 0.4) is 0 Å². The van der Waals surface area contributed by atoms with Gasteiger partial charge in [-0.3, -0.25) is 0 Å². The molecule has 2 N–H and O–H groups in total. The van der Waals surface area contributed by atoms with E-state index in [0.717, 1.165) is 42.5 Å². The van der Waals surface area contributed by atoms with Gasteiger partial charge in [-0.25, -0.2) is 8.78 Å². The average molecular weight is 275 g/mol. The molecule has 1 aliphatic rings. The highest BCUT2D eigenvalue weighted by molar-refractivity contribution is 5.49. The Bertz CT molecular complexity index is 642. The third-order valence-electron chi connectivity index (χ3n) is 3.70. The zero-order valence-electron chi connectivity index (χ0n) is 10.9. The van der Waals surface area contributed by atoms with Gasteiger partial charge in [0, 0.05) is 0 Å². The zero-order chi connectivity index (χ0) is 14.1. The highest BCUT2D eigenvalue weighted by atomic mass is 19.1. The minimum Gasteiger partial charge on any atom is -0.508 e. The number of rotatable bonds is 2. The van der Waals surface area contributed by atoms with Crippen LogP contribution in [0.5, 0.6) is 5.75 Å². The van der Waals surface area contributed by atoms with E-state index in [4.69, 9.17) is 0 Å². The SMILES string of the molecule is Oc1ccc2c(c1)CCCC2Nc1cc(F)ccc1F. The smallest absolute Gasteiger partial charge is 0.146 e. The quantitative estimate of drug-likeness (QED) is 0.862. The summed E-state index contributed by atoms with van der Waals surface area (Å²) in [6.45, 7) is 0. The van der Waals surface area contributed by atoms with Crippen molar-refractivity contribution in [3.8, 4) is 5.75 Å². The van der Waals surface area contributed by atoms with E-state index >= 15 is 0 Å². The van der Waals surface area contributed by atoms with Gasteiger partial charge in [0.25, 0.3) is 0 Å². The number of fused-ring (bicyclic) bond motifs is 1. The molecule has 0 spiro atoms. The summed E-state index contributed by atoms with van der Waals surface area (Å²) in [4.78, 5) is 0.